The van der Waals surface area contributed by atoms with E-state index in [2.05, 4.69) is 64.1 Å². The number of carboxylic acid groups (broad SMARTS) is 1. The third-order valence-electron chi connectivity index (χ3n) is 8.16. The van der Waals surface area contributed by atoms with E-state index in [0.29, 0.717) is 38.1 Å². The number of aromatic nitrogens is 3. The normalized spacial score (nSPS) is 14.3. The van der Waals surface area contributed by atoms with E-state index < -0.39 is 5.97 Å². The number of piperidine rings is 1. The van der Waals surface area contributed by atoms with Gasteiger partial charge in [0.2, 0.25) is 5.88 Å². The largest absolute Gasteiger partial charge is 0.478 e. The van der Waals surface area contributed by atoms with Crippen molar-refractivity contribution >= 4 is 17.0 Å². The Kier molecular flexibility index (Phi) is 8.77. The molecular weight excluding hydrogens is 540 g/mol. The van der Waals surface area contributed by atoms with Gasteiger partial charge >= 0.3 is 5.97 Å². The molecule has 0 atom stereocenters. The Balaban J connectivity index is 1.06. The number of likely N-dealkylation sites (tertiary alicyclic amines) is 1. The van der Waals surface area contributed by atoms with Crippen molar-refractivity contribution in [1.29, 1.82) is 0 Å². The lowest BCUT2D eigenvalue weighted by molar-refractivity contribution is 0.0697. The molecule has 3 aromatic carbocycles. The third-order valence-corrected chi connectivity index (χ3v) is 8.16. The number of benzene rings is 3. The molecule has 1 saturated heterocycles. The van der Waals surface area contributed by atoms with Gasteiger partial charge in [0.25, 0.3) is 0 Å². The van der Waals surface area contributed by atoms with Crippen LogP contribution in [0.5, 0.6) is 5.88 Å². The van der Waals surface area contributed by atoms with E-state index >= 15 is 0 Å². The number of imidazole rings is 1. The van der Waals surface area contributed by atoms with Crippen LogP contribution in [0.2, 0.25) is 0 Å². The van der Waals surface area contributed by atoms with Gasteiger partial charge in [-0.3, -0.25) is 4.90 Å². The van der Waals surface area contributed by atoms with Crippen LogP contribution in [-0.4, -0.2) is 57.3 Å². The number of carbonyl (C=O) groups is 1. The molecule has 0 unspecified atom stereocenters. The summed E-state index contributed by atoms with van der Waals surface area (Å²) in [6.45, 7) is 4.18. The summed E-state index contributed by atoms with van der Waals surface area (Å²) in [7, 11) is 1.67. The van der Waals surface area contributed by atoms with Crippen LogP contribution >= 0.6 is 0 Å². The smallest absolute Gasteiger partial charge is 0.335 e. The lowest BCUT2D eigenvalue weighted by Crippen LogP contribution is -2.33. The van der Waals surface area contributed by atoms with Crippen molar-refractivity contribution in [3.63, 3.8) is 0 Å². The predicted molar refractivity (Wildman–Crippen MR) is 166 cm³/mol. The van der Waals surface area contributed by atoms with E-state index in [0.717, 1.165) is 54.0 Å². The highest BCUT2D eigenvalue weighted by Crippen LogP contribution is 2.29. The predicted octanol–water partition coefficient (Wildman–Crippen LogP) is 6.40. The third kappa shape index (κ3) is 6.77. The first-order chi connectivity index (χ1) is 21.1. The zero-order chi connectivity index (χ0) is 29.6. The van der Waals surface area contributed by atoms with Crippen molar-refractivity contribution in [3.8, 4) is 17.0 Å². The van der Waals surface area contributed by atoms with Gasteiger partial charge in [0.15, 0.2) is 0 Å². The molecule has 1 N–H and O–H groups in total. The molecule has 6 rings (SSSR count). The first-order valence-electron chi connectivity index (χ1n) is 14.8. The summed E-state index contributed by atoms with van der Waals surface area (Å²) in [5.74, 6) is 1.01. The highest BCUT2D eigenvalue weighted by atomic mass is 16.5. The number of hydrogen-bond acceptors (Lipinski definition) is 6. The summed E-state index contributed by atoms with van der Waals surface area (Å²) < 4.78 is 13.5. The molecule has 43 heavy (non-hydrogen) atoms. The Bertz CT molecular complexity index is 1680. The van der Waals surface area contributed by atoms with Crippen LogP contribution < -0.4 is 4.74 Å². The molecule has 8 heteroatoms. The molecule has 0 radical (unpaired) electrons. The maximum absolute atomic E-state index is 11.5. The van der Waals surface area contributed by atoms with Crippen LogP contribution in [0.25, 0.3) is 22.2 Å². The summed E-state index contributed by atoms with van der Waals surface area (Å²) in [5.41, 5.74) is 6.47. The fourth-order valence-corrected chi connectivity index (χ4v) is 5.77. The molecule has 0 spiro atoms. The van der Waals surface area contributed by atoms with Crippen molar-refractivity contribution in [2.24, 2.45) is 0 Å². The second-order valence-corrected chi connectivity index (χ2v) is 11.0. The molecule has 5 aromatic rings. The van der Waals surface area contributed by atoms with Crippen molar-refractivity contribution in [1.82, 2.24) is 19.4 Å². The Labute approximate surface area is 251 Å². The van der Waals surface area contributed by atoms with Crippen LogP contribution in [0, 0.1) is 0 Å². The zero-order valence-electron chi connectivity index (χ0n) is 24.4. The van der Waals surface area contributed by atoms with Crippen molar-refractivity contribution in [2.75, 3.05) is 26.8 Å². The highest BCUT2D eigenvalue weighted by Gasteiger charge is 2.24. The van der Waals surface area contributed by atoms with Gasteiger partial charge in [-0.2, -0.15) is 0 Å². The number of aromatic carboxylic acids is 1. The molecule has 0 amide bonds. The second kappa shape index (κ2) is 13.2. The van der Waals surface area contributed by atoms with Crippen LogP contribution in [0.4, 0.5) is 0 Å². The first kappa shape index (κ1) is 28.6. The van der Waals surface area contributed by atoms with E-state index in [1.165, 1.54) is 11.1 Å². The Morgan fingerprint density at radius 3 is 2.42 bits per heavy atom. The Morgan fingerprint density at radius 2 is 1.67 bits per heavy atom. The lowest BCUT2D eigenvalue weighted by atomic mass is 9.93. The van der Waals surface area contributed by atoms with Crippen LogP contribution in [0.1, 0.15) is 46.2 Å². The average Bonchev–Trinajstić information content (AvgIpc) is 3.39. The van der Waals surface area contributed by atoms with Gasteiger partial charge < -0.3 is 19.1 Å². The topological polar surface area (TPSA) is 89.7 Å². The summed E-state index contributed by atoms with van der Waals surface area (Å²) in [4.78, 5) is 23.7. The minimum atomic E-state index is -0.939. The average molecular weight is 577 g/mol. The van der Waals surface area contributed by atoms with E-state index in [1.807, 2.05) is 18.2 Å². The molecule has 2 aromatic heterocycles. The minimum absolute atomic E-state index is 0.262. The minimum Gasteiger partial charge on any atom is -0.478 e. The number of nitrogens with zero attached hydrogens (tertiary/aromatic N) is 4. The number of pyridine rings is 1. The molecule has 1 fully saturated rings. The van der Waals surface area contributed by atoms with Gasteiger partial charge in [0, 0.05) is 31.3 Å². The summed E-state index contributed by atoms with van der Waals surface area (Å²) in [6, 6.07) is 30.0. The lowest BCUT2D eigenvalue weighted by Gasteiger charge is -2.31. The van der Waals surface area contributed by atoms with Gasteiger partial charge in [-0.15, -0.1) is 0 Å². The van der Waals surface area contributed by atoms with Gasteiger partial charge in [-0.25, -0.2) is 14.8 Å². The summed E-state index contributed by atoms with van der Waals surface area (Å²) in [6.07, 6.45) is 2.00. The molecule has 8 nitrogen and oxygen atoms in total. The monoisotopic (exact) mass is 576 g/mol. The molecule has 0 bridgehead atoms. The van der Waals surface area contributed by atoms with E-state index in [4.69, 9.17) is 19.4 Å². The van der Waals surface area contributed by atoms with Crippen molar-refractivity contribution < 1.29 is 19.4 Å². The van der Waals surface area contributed by atoms with E-state index in [-0.39, 0.29) is 5.56 Å². The molecule has 220 valence electrons. The molecule has 1 aliphatic rings. The second-order valence-electron chi connectivity index (χ2n) is 11.0. The molecule has 1 aliphatic heterocycles. The molecule has 3 heterocycles. The summed E-state index contributed by atoms with van der Waals surface area (Å²) >= 11 is 0. The molecule has 0 aliphatic carbocycles. The van der Waals surface area contributed by atoms with Gasteiger partial charge in [-0.1, -0.05) is 60.7 Å². The maximum Gasteiger partial charge on any atom is 0.335 e. The number of hydrogen-bond donors (Lipinski definition) is 1. The molecule has 0 saturated carbocycles. The number of fused-ring (bicyclic) bond motifs is 1. The number of methoxy groups -OCH3 is 1. The summed E-state index contributed by atoms with van der Waals surface area (Å²) in [5, 5.41) is 9.47. The molecular formula is C35H36N4O4. The van der Waals surface area contributed by atoms with Crippen molar-refractivity contribution in [3.05, 3.63) is 114 Å². The number of rotatable bonds is 11. The highest BCUT2D eigenvalue weighted by molar-refractivity contribution is 5.92. The van der Waals surface area contributed by atoms with Gasteiger partial charge in [0.1, 0.15) is 12.4 Å². The quantitative estimate of drug-likeness (QED) is 0.195. The number of ether oxygens (including phenoxy) is 2. The van der Waals surface area contributed by atoms with Crippen LogP contribution in [-0.2, 0) is 24.4 Å². The standard InChI is InChI=1S/C35H36N4O4/c1-42-21-20-39-32-22-29(35(40)41)14-15-31(32)36-33(39)23-38-18-16-28(17-19-38)30-8-5-9-34(37-30)43-24-25-10-12-27(13-11-25)26-6-3-2-4-7-26/h2-15,22,28H,16-21,23-24H2,1H3,(H,40,41). The number of carboxylic acids is 1. The maximum atomic E-state index is 11.5. The van der Waals surface area contributed by atoms with Gasteiger partial charge in [0.05, 0.1) is 29.7 Å². The zero-order valence-corrected chi connectivity index (χ0v) is 24.4. The SMILES string of the molecule is COCCn1c(CN2CCC(c3cccc(OCc4ccc(-c5ccccc5)cc4)n3)CC2)nc2ccc(C(=O)O)cc21. The Hall–Kier alpha value is -4.53. The Morgan fingerprint density at radius 1 is 0.907 bits per heavy atom. The fraction of sp³-hybridized carbons (Fsp3) is 0.286. The van der Waals surface area contributed by atoms with E-state index in [9.17, 15) is 9.90 Å². The fourth-order valence-electron chi connectivity index (χ4n) is 5.77. The van der Waals surface area contributed by atoms with Crippen LogP contribution in [0.15, 0.2) is 91.0 Å². The van der Waals surface area contributed by atoms with Gasteiger partial charge in [-0.05, 0) is 66.9 Å². The first-order valence-corrected chi connectivity index (χ1v) is 14.8. The van der Waals surface area contributed by atoms with Crippen molar-refractivity contribution in [2.45, 2.75) is 38.5 Å². The van der Waals surface area contributed by atoms with Crippen LogP contribution in [0.3, 0.4) is 0 Å². The van der Waals surface area contributed by atoms with E-state index in [1.54, 1.807) is 25.3 Å².